The van der Waals surface area contributed by atoms with E-state index in [2.05, 4.69) is 254 Å². The highest BCUT2D eigenvalue weighted by molar-refractivity contribution is 5.88. The van der Waals surface area contributed by atoms with Gasteiger partial charge in [-0.3, -0.25) is 0 Å². The zero-order valence-corrected chi connectivity index (χ0v) is 32.6. The number of nitrogens with zero attached hydrogens (tertiary/aromatic N) is 1. The molecule has 0 spiro atoms. The number of hydrogen-bond acceptors (Lipinski definition) is 1. The van der Waals surface area contributed by atoms with Crippen LogP contribution >= 0.6 is 0 Å². The van der Waals surface area contributed by atoms with E-state index in [9.17, 15) is 0 Å². The van der Waals surface area contributed by atoms with E-state index in [1.165, 1.54) is 77.5 Å². The van der Waals surface area contributed by atoms with Crippen LogP contribution in [-0.4, -0.2) is 0 Å². The number of anilines is 3. The van der Waals surface area contributed by atoms with Crippen LogP contribution in [0.25, 0.3) is 77.5 Å². The molecule has 0 atom stereocenters. The van der Waals surface area contributed by atoms with Gasteiger partial charge in [-0.25, -0.2) is 0 Å². The minimum absolute atomic E-state index is 1.10. The molecule has 59 heavy (non-hydrogen) atoms. The van der Waals surface area contributed by atoms with Crippen molar-refractivity contribution in [3.63, 3.8) is 0 Å². The second kappa shape index (κ2) is 16.0. The minimum atomic E-state index is 1.10. The third-order valence-electron chi connectivity index (χ3n) is 11.3. The normalized spacial score (nSPS) is 11.1. The van der Waals surface area contributed by atoms with Crippen LogP contribution in [0.2, 0.25) is 0 Å². The van der Waals surface area contributed by atoms with E-state index in [1.807, 2.05) is 0 Å². The lowest BCUT2D eigenvalue weighted by Gasteiger charge is -2.26. The Morgan fingerprint density at radius 1 is 0.169 bits per heavy atom. The van der Waals surface area contributed by atoms with E-state index in [0.717, 1.165) is 17.1 Å². The molecule has 0 N–H and O–H groups in total. The van der Waals surface area contributed by atoms with Gasteiger partial charge in [0.15, 0.2) is 0 Å². The third kappa shape index (κ3) is 7.58. The van der Waals surface area contributed by atoms with Crippen LogP contribution in [0.4, 0.5) is 17.1 Å². The lowest BCUT2D eigenvalue weighted by Crippen LogP contribution is -2.09. The van der Waals surface area contributed by atoms with Crippen molar-refractivity contribution in [2.75, 3.05) is 4.90 Å². The molecular formula is C58H41N. The highest BCUT2D eigenvalue weighted by atomic mass is 15.1. The van der Waals surface area contributed by atoms with Crippen LogP contribution in [0.15, 0.2) is 249 Å². The van der Waals surface area contributed by atoms with Gasteiger partial charge in [-0.05, 0) is 126 Å². The van der Waals surface area contributed by atoms with Gasteiger partial charge in [0.1, 0.15) is 0 Å². The van der Waals surface area contributed by atoms with Crippen molar-refractivity contribution in [3.05, 3.63) is 249 Å². The Bertz CT molecular complexity index is 2970. The van der Waals surface area contributed by atoms with Gasteiger partial charge in [0.2, 0.25) is 0 Å². The summed E-state index contributed by atoms with van der Waals surface area (Å²) < 4.78 is 0. The van der Waals surface area contributed by atoms with Crippen LogP contribution in [0.3, 0.4) is 0 Å². The van der Waals surface area contributed by atoms with Gasteiger partial charge >= 0.3 is 0 Å². The van der Waals surface area contributed by atoms with Gasteiger partial charge in [-0.1, -0.05) is 200 Å². The Morgan fingerprint density at radius 2 is 0.441 bits per heavy atom. The Balaban J connectivity index is 0.923. The summed E-state index contributed by atoms with van der Waals surface area (Å²) in [5.41, 5.74) is 17.8. The summed E-state index contributed by atoms with van der Waals surface area (Å²) in [4.78, 5) is 2.34. The maximum atomic E-state index is 2.34. The van der Waals surface area contributed by atoms with Crippen molar-refractivity contribution in [1.82, 2.24) is 0 Å². The number of benzene rings is 10. The Kier molecular flexibility index (Phi) is 9.68. The maximum absolute atomic E-state index is 2.34. The Morgan fingerprint density at radius 3 is 0.864 bits per heavy atom. The molecule has 0 bridgehead atoms. The van der Waals surface area contributed by atoms with Crippen LogP contribution in [-0.2, 0) is 0 Å². The first kappa shape index (κ1) is 35.7. The first-order valence-corrected chi connectivity index (χ1v) is 20.2. The summed E-state index contributed by atoms with van der Waals surface area (Å²) >= 11 is 0. The summed E-state index contributed by atoms with van der Waals surface area (Å²) in [7, 11) is 0. The zero-order chi connectivity index (χ0) is 39.4. The van der Waals surface area contributed by atoms with E-state index in [1.54, 1.807) is 0 Å². The van der Waals surface area contributed by atoms with Gasteiger partial charge in [0.05, 0.1) is 0 Å². The average molecular weight is 752 g/mol. The Labute approximate surface area is 346 Å². The predicted octanol–water partition coefficient (Wildman–Crippen LogP) is 16.3. The molecule has 0 fully saturated rings. The van der Waals surface area contributed by atoms with Crippen molar-refractivity contribution in [2.24, 2.45) is 0 Å². The van der Waals surface area contributed by atoms with Crippen LogP contribution in [0, 0.1) is 0 Å². The molecule has 10 aromatic carbocycles. The third-order valence-corrected chi connectivity index (χ3v) is 11.3. The van der Waals surface area contributed by atoms with Gasteiger partial charge in [-0.15, -0.1) is 0 Å². The molecule has 1 heteroatoms. The summed E-state index contributed by atoms with van der Waals surface area (Å²) in [6, 6.07) is 89.7. The second-order valence-corrected chi connectivity index (χ2v) is 15.0. The van der Waals surface area contributed by atoms with Gasteiger partial charge in [-0.2, -0.15) is 0 Å². The molecule has 0 aromatic heterocycles. The maximum Gasteiger partial charge on any atom is 0.0462 e. The lowest BCUT2D eigenvalue weighted by molar-refractivity contribution is 1.28. The number of fused-ring (bicyclic) bond motifs is 1. The first-order chi connectivity index (χ1) is 29.2. The highest BCUT2D eigenvalue weighted by Crippen LogP contribution is 2.38. The topological polar surface area (TPSA) is 3.24 Å². The van der Waals surface area contributed by atoms with Crippen molar-refractivity contribution in [1.29, 1.82) is 0 Å². The molecular weight excluding hydrogens is 711 g/mol. The van der Waals surface area contributed by atoms with E-state index in [-0.39, 0.29) is 0 Å². The highest BCUT2D eigenvalue weighted by Gasteiger charge is 2.14. The SMILES string of the molecule is c1ccc(-c2ccc(-c3ccc(N(c4ccc(-c5ccccc5)cc4)c4ccc(-c5ccc(-c6cccc(-c7ccc8ccccc8c7)c6)cc5)cc4)cc3)cc2)cc1. The van der Waals surface area contributed by atoms with Crippen molar-refractivity contribution >= 4 is 27.8 Å². The van der Waals surface area contributed by atoms with Crippen LogP contribution < -0.4 is 4.90 Å². The average Bonchev–Trinajstić information content (AvgIpc) is 3.33. The molecule has 1 nitrogen and oxygen atoms in total. The zero-order valence-electron chi connectivity index (χ0n) is 32.6. The Hall–Kier alpha value is -7.74. The molecule has 0 saturated heterocycles. The summed E-state index contributed by atoms with van der Waals surface area (Å²) in [6.07, 6.45) is 0. The van der Waals surface area contributed by atoms with Crippen LogP contribution in [0.5, 0.6) is 0 Å². The second-order valence-electron chi connectivity index (χ2n) is 15.0. The fourth-order valence-electron chi connectivity index (χ4n) is 8.07. The molecule has 10 aromatic rings. The molecule has 0 saturated carbocycles. The van der Waals surface area contributed by atoms with E-state index >= 15 is 0 Å². The fraction of sp³-hybridized carbons (Fsp3) is 0. The van der Waals surface area contributed by atoms with Gasteiger partial charge in [0.25, 0.3) is 0 Å². The van der Waals surface area contributed by atoms with Crippen molar-refractivity contribution in [2.45, 2.75) is 0 Å². The van der Waals surface area contributed by atoms with Crippen LogP contribution in [0.1, 0.15) is 0 Å². The summed E-state index contributed by atoms with van der Waals surface area (Å²) in [6.45, 7) is 0. The molecule has 0 radical (unpaired) electrons. The van der Waals surface area contributed by atoms with E-state index in [4.69, 9.17) is 0 Å². The smallest absolute Gasteiger partial charge is 0.0462 e. The molecule has 0 aliphatic heterocycles. The largest absolute Gasteiger partial charge is 0.311 e. The minimum Gasteiger partial charge on any atom is -0.311 e. The van der Waals surface area contributed by atoms with Crippen molar-refractivity contribution in [3.8, 4) is 66.8 Å². The molecule has 278 valence electrons. The number of hydrogen-bond donors (Lipinski definition) is 0. The molecule has 0 amide bonds. The fourth-order valence-corrected chi connectivity index (χ4v) is 8.07. The quantitative estimate of drug-likeness (QED) is 0.142. The lowest BCUT2D eigenvalue weighted by atomic mass is 9.96. The molecule has 0 aliphatic rings. The molecule has 0 aliphatic carbocycles. The molecule has 10 rings (SSSR count). The summed E-state index contributed by atoms with van der Waals surface area (Å²) in [5, 5.41) is 2.52. The summed E-state index contributed by atoms with van der Waals surface area (Å²) in [5.74, 6) is 0. The monoisotopic (exact) mass is 751 g/mol. The number of rotatable bonds is 9. The molecule has 0 unspecified atom stereocenters. The van der Waals surface area contributed by atoms with Gasteiger partial charge < -0.3 is 4.90 Å². The van der Waals surface area contributed by atoms with E-state index < -0.39 is 0 Å². The molecule has 0 heterocycles. The standard InChI is InChI=1S/C58H41N/c1-3-10-42(11-4-1)45-18-20-46(21-19-45)49-30-36-57(37-31-49)59(56-34-28-48(29-35-56)43-12-5-2-6-13-43)58-38-32-50(33-39-58)47-22-24-51(25-23-47)53-16-9-17-54(40-53)55-27-26-44-14-7-8-15-52(44)41-55/h1-41H. The predicted molar refractivity (Wildman–Crippen MR) is 251 cm³/mol. The van der Waals surface area contributed by atoms with E-state index in [0.29, 0.717) is 0 Å². The first-order valence-electron chi connectivity index (χ1n) is 20.2. The van der Waals surface area contributed by atoms with Gasteiger partial charge in [0, 0.05) is 17.1 Å². The van der Waals surface area contributed by atoms with Crippen molar-refractivity contribution < 1.29 is 0 Å².